The van der Waals surface area contributed by atoms with Crippen molar-refractivity contribution >= 4 is 40.5 Å². The van der Waals surface area contributed by atoms with Crippen LogP contribution in [0.5, 0.6) is 23.1 Å². The average molecular weight is 604 g/mol. The van der Waals surface area contributed by atoms with E-state index in [1.807, 2.05) is 50.3 Å². The Kier molecular flexibility index (Phi) is 10.7. The Labute approximate surface area is 256 Å². The first-order valence-electron chi connectivity index (χ1n) is 13.4. The second-order valence-electron chi connectivity index (χ2n) is 9.64. The van der Waals surface area contributed by atoms with Gasteiger partial charge < -0.3 is 34.6 Å². The molecule has 0 aliphatic rings. The van der Waals surface area contributed by atoms with Crippen molar-refractivity contribution in [1.29, 1.82) is 0 Å². The first-order valence-corrected chi connectivity index (χ1v) is 13.7. The molecular weight excluding hydrogens is 570 g/mol. The van der Waals surface area contributed by atoms with Crippen LogP contribution in [0.2, 0.25) is 5.02 Å². The normalized spacial score (nSPS) is 10.7. The minimum absolute atomic E-state index is 0.256. The summed E-state index contributed by atoms with van der Waals surface area (Å²) in [6.07, 6.45) is 4.49. The summed E-state index contributed by atoms with van der Waals surface area (Å²) in [6.45, 7) is 5.40. The first kappa shape index (κ1) is 31.1. The van der Waals surface area contributed by atoms with Gasteiger partial charge >= 0.3 is 0 Å². The highest BCUT2D eigenvalue weighted by molar-refractivity contribution is 6.32. The van der Waals surface area contributed by atoms with Crippen LogP contribution in [-0.2, 0) is 11.4 Å². The molecule has 0 fully saturated rings. The fourth-order valence-electron chi connectivity index (χ4n) is 3.90. The molecule has 11 nitrogen and oxygen atoms in total. The molecule has 0 bridgehead atoms. The van der Waals surface area contributed by atoms with Crippen LogP contribution in [0.3, 0.4) is 0 Å². The van der Waals surface area contributed by atoms with Gasteiger partial charge in [-0.2, -0.15) is 4.98 Å². The first-order chi connectivity index (χ1) is 20.7. The van der Waals surface area contributed by atoms with E-state index in [9.17, 15) is 4.79 Å². The smallest absolute Gasteiger partial charge is 0.247 e. The van der Waals surface area contributed by atoms with E-state index in [0.29, 0.717) is 33.6 Å². The van der Waals surface area contributed by atoms with Gasteiger partial charge in [0.1, 0.15) is 23.9 Å². The number of anilines is 4. The number of rotatable bonds is 14. The lowest BCUT2D eigenvalue weighted by Gasteiger charge is -2.26. The van der Waals surface area contributed by atoms with Crippen LogP contribution >= 0.6 is 11.6 Å². The molecule has 0 saturated carbocycles. The van der Waals surface area contributed by atoms with E-state index in [4.69, 9.17) is 25.8 Å². The number of nitrogens with zero attached hydrogens (tertiary/aromatic N) is 5. The number of halogens is 1. The van der Waals surface area contributed by atoms with E-state index in [-0.39, 0.29) is 24.3 Å². The third-order valence-corrected chi connectivity index (χ3v) is 6.45. The molecule has 43 heavy (non-hydrogen) atoms. The number of ether oxygens (including phenoxy) is 3. The summed E-state index contributed by atoms with van der Waals surface area (Å²) in [5, 5.41) is 6.43. The molecule has 12 heteroatoms. The molecule has 4 rings (SSSR count). The minimum Gasteiger partial charge on any atom is -0.494 e. The van der Waals surface area contributed by atoms with E-state index in [0.717, 1.165) is 24.5 Å². The van der Waals surface area contributed by atoms with Crippen molar-refractivity contribution in [2.45, 2.75) is 6.61 Å². The summed E-state index contributed by atoms with van der Waals surface area (Å²) in [5.74, 6) is 1.72. The second-order valence-corrected chi connectivity index (χ2v) is 10.0. The van der Waals surface area contributed by atoms with Gasteiger partial charge in [-0.15, -0.1) is 0 Å². The van der Waals surface area contributed by atoms with Crippen LogP contribution in [0.25, 0.3) is 0 Å². The standard InChI is InChI=1S/C31H34ClN7O4/c1-6-29(40)35-24-18-25(28(41-5)19-26(24)39(4)16-15-38(2)3)36-31-34-14-12-30(37-31)43-22-10-11-27(23(32)17-22)42-20-21-9-7-8-13-33-21/h6-14,17-19H,1,15-16,20H2,2-5H3,(H,35,40)(H,34,36,37). The molecule has 0 aliphatic heterocycles. The third-order valence-electron chi connectivity index (χ3n) is 6.16. The predicted molar refractivity (Wildman–Crippen MR) is 169 cm³/mol. The van der Waals surface area contributed by atoms with E-state index in [1.165, 1.54) is 6.08 Å². The quantitative estimate of drug-likeness (QED) is 0.172. The zero-order valence-corrected chi connectivity index (χ0v) is 25.3. The van der Waals surface area contributed by atoms with Crippen molar-refractivity contribution in [3.8, 4) is 23.1 Å². The molecule has 224 valence electrons. The van der Waals surface area contributed by atoms with Crippen molar-refractivity contribution < 1.29 is 19.0 Å². The van der Waals surface area contributed by atoms with Crippen molar-refractivity contribution in [2.24, 2.45) is 0 Å². The fraction of sp³-hybridized carbons (Fsp3) is 0.226. The molecule has 0 saturated heterocycles. The number of likely N-dealkylation sites (N-methyl/N-ethyl adjacent to an activating group) is 2. The van der Waals surface area contributed by atoms with Crippen molar-refractivity contribution in [1.82, 2.24) is 19.9 Å². The van der Waals surface area contributed by atoms with Gasteiger partial charge in [0.25, 0.3) is 0 Å². The highest BCUT2D eigenvalue weighted by Crippen LogP contribution is 2.38. The Bertz CT molecular complexity index is 1550. The Morgan fingerprint density at radius 1 is 1.00 bits per heavy atom. The summed E-state index contributed by atoms with van der Waals surface area (Å²) in [5.41, 5.74) is 2.68. The van der Waals surface area contributed by atoms with Gasteiger partial charge in [0.15, 0.2) is 0 Å². The molecule has 2 aromatic heterocycles. The molecule has 4 aromatic rings. The summed E-state index contributed by atoms with van der Waals surface area (Å²) >= 11 is 6.44. The van der Waals surface area contributed by atoms with Gasteiger partial charge in [0.2, 0.25) is 17.7 Å². The molecule has 2 heterocycles. The molecule has 1 amide bonds. The maximum atomic E-state index is 12.2. The number of hydrogen-bond acceptors (Lipinski definition) is 10. The minimum atomic E-state index is -0.336. The van der Waals surface area contributed by atoms with E-state index < -0.39 is 0 Å². The van der Waals surface area contributed by atoms with Crippen LogP contribution < -0.4 is 29.7 Å². The lowest BCUT2D eigenvalue weighted by Crippen LogP contribution is -2.29. The monoisotopic (exact) mass is 603 g/mol. The van der Waals surface area contributed by atoms with Gasteiger partial charge in [-0.1, -0.05) is 24.2 Å². The van der Waals surface area contributed by atoms with Gasteiger partial charge in [-0.05, 0) is 50.5 Å². The van der Waals surface area contributed by atoms with E-state index in [1.54, 1.807) is 49.8 Å². The molecule has 0 spiro atoms. The van der Waals surface area contributed by atoms with E-state index in [2.05, 4.69) is 37.1 Å². The highest BCUT2D eigenvalue weighted by atomic mass is 35.5. The molecule has 0 unspecified atom stereocenters. The Balaban J connectivity index is 1.51. The number of carbonyl (C=O) groups is 1. The van der Waals surface area contributed by atoms with Crippen LogP contribution in [0.1, 0.15) is 5.69 Å². The van der Waals surface area contributed by atoms with Gasteiger partial charge in [-0.3, -0.25) is 9.78 Å². The van der Waals surface area contributed by atoms with Gasteiger partial charge in [-0.25, -0.2) is 4.98 Å². The molecular formula is C31H34ClN7O4. The maximum absolute atomic E-state index is 12.2. The number of aromatic nitrogens is 3. The zero-order chi connectivity index (χ0) is 30.8. The van der Waals surface area contributed by atoms with Gasteiger partial charge in [0.05, 0.1) is 34.9 Å². The van der Waals surface area contributed by atoms with Gasteiger partial charge in [0, 0.05) is 50.7 Å². The average Bonchev–Trinajstić information content (AvgIpc) is 3.00. The molecule has 2 aromatic carbocycles. The van der Waals surface area contributed by atoms with Crippen molar-refractivity contribution in [3.63, 3.8) is 0 Å². The Morgan fingerprint density at radius 3 is 2.53 bits per heavy atom. The van der Waals surface area contributed by atoms with Crippen LogP contribution in [-0.4, -0.2) is 67.1 Å². The lowest BCUT2D eigenvalue weighted by atomic mass is 10.2. The number of amides is 1. The largest absolute Gasteiger partial charge is 0.494 e. The number of hydrogen-bond donors (Lipinski definition) is 2. The summed E-state index contributed by atoms with van der Waals surface area (Å²) < 4.78 is 17.4. The molecule has 0 radical (unpaired) electrons. The summed E-state index contributed by atoms with van der Waals surface area (Å²) in [6, 6.07) is 16.0. The number of carbonyl (C=O) groups excluding carboxylic acids is 1. The second kappa shape index (κ2) is 14.9. The Hall–Kier alpha value is -4.87. The van der Waals surface area contributed by atoms with Crippen LogP contribution in [0.15, 0.2) is 79.6 Å². The SMILES string of the molecule is C=CC(=O)Nc1cc(Nc2nccc(Oc3ccc(OCc4ccccn4)c(Cl)c3)n2)c(OC)cc1N(C)CCN(C)C. The predicted octanol–water partition coefficient (Wildman–Crippen LogP) is 5.77. The highest BCUT2D eigenvalue weighted by Gasteiger charge is 2.17. The number of benzene rings is 2. The van der Waals surface area contributed by atoms with Crippen LogP contribution in [0.4, 0.5) is 23.0 Å². The van der Waals surface area contributed by atoms with Crippen LogP contribution in [0, 0.1) is 0 Å². The topological polar surface area (TPSA) is 114 Å². The van der Waals surface area contributed by atoms with Crippen molar-refractivity contribution in [2.75, 3.05) is 56.9 Å². The number of nitrogens with one attached hydrogen (secondary N) is 2. The van der Waals surface area contributed by atoms with Crippen molar-refractivity contribution in [3.05, 3.63) is 90.4 Å². The van der Waals surface area contributed by atoms with E-state index >= 15 is 0 Å². The number of pyridine rings is 1. The maximum Gasteiger partial charge on any atom is 0.247 e. The molecule has 0 atom stereocenters. The summed E-state index contributed by atoms with van der Waals surface area (Å²) in [4.78, 5) is 29.4. The zero-order valence-electron chi connectivity index (χ0n) is 24.5. The third kappa shape index (κ3) is 8.81. The molecule has 2 N–H and O–H groups in total. The lowest BCUT2D eigenvalue weighted by molar-refractivity contribution is -0.111. The number of methoxy groups -OCH3 is 1. The fourth-order valence-corrected chi connectivity index (χ4v) is 4.13. The Morgan fingerprint density at radius 2 is 1.84 bits per heavy atom. The molecule has 0 aliphatic carbocycles. The summed E-state index contributed by atoms with van der Waals surface area (Å²) in [7, 11) is 7.52.